The molecule has 0 saturated carbocycles. The molecule has 128 valence electrons. The summed E-state index contributed by atoms with van der Waals surface area (Å²) in [5.74, 6) is 0.134. The number of ether oxygens (including phenoxy) is 1. The second kappa shape index (κ2) is 8.13. The Morgan fingerprint density at radius 2 is 1.92 bits per heavy atom. The van der Waals surface area contributed by atoms with Crippen molar-refractivity contribution in [2.24, 2.45) is 5.16 Å². The number of rotatable bonds is 6. The number of para-hydroxylation sites is 1. The minimum Gasteiger partial charge on any atom is -0.464 e. The van der Waals surface area contributed by atoms with Crippen LogP contribution in [-0.2, 0) is 20.1 Å². The fourth-order valence-corrected chi connectivity index (χ4v) is 4.39. The van der Waals surface area contributed by atoms with Crippen LogP contribution in [0.2, 0.25) is 0 Å². The van der Waals surface area contributed by atoms with Gasteiger partial charge in [0.05, 0.1) is 17.3 Å². The first-order valence-corrected chi connectivity index (χ1v) is 9.29. The number of carbonyl (C=O) groups excluding carboxylic acids is 1. The number of thiazole rings is 1. The summed E-state index contributed by atoms with van der Waals surface area (Å²) < 4.78 is 6.96. The maximum atomic E-state index is 12.0. The van der Waals surface area contributed by atoms with E-state index < -0.39 is 5.97 Å². The Hall–Kier alpha value is -2.38. The zero-order valence-electron chi connectivity index (χ0n) is 13.8. The van der Waals surface area contributed by atoms with Crippen LogP contribution in [0.1, 0.15) is 11.1 Å². The van der Waals surface area contributed by atoms with E-state index in [-0.39, 0.29) is 5.71 Å². The van der Waals surface area contributed by atoms with Gasteiger partial charge in [-0.25, -0.2) is 9.78 Å². The van der Waals surface area contributed by atoms with E-state index >= 15 is 0 Å². The molecule has 0 spiro atoms. The summed E-state index contributed by atoms with van der Waals surface area (Å²) in [5, 5.41) is 3.84. The van der Waals surface area contributed by atoms with Crippen molar-refractivity contribution in [3.8, 4) is 0 Å². The first-order chi connectivity index (χ1) is 12.2. The van der Waals surface area contributed by atoms with Gasteiger partial charge in [0, 0.05) is 11.3 Å². The van der Waals surface area contributed by atoms with Gasteiger partial charge in [-0.05, 0) is 17.7 Å². The Morgan fingerprint density at radius 1 is 1.16 bits per heavy atom. The lowest BCUT2D eigenvalue weighted by Crippen LogP contribution is -2.19. The summed E-state index contributed by atoms with van der Waals surface area (Å²) >= 11 is 3.28. The Morgan fingerprint density at radius 3 is 2.68 bits per heavy atom. The molecular formula is C18H16N2O3S2. The zero-order valence-corrected chi connectivity index (χ0v) is 15.4. The average molecular weight is 372 g/mol. The molecule has 1 aromatic heterocycles. The van der Waals surface area contributed by atoms with Crippen LogP contribution < -0.4 is 0 Å². The SMILES string of the molecule is CO/N=C(/C(=O)OC)c1ccccc1CSc1nc2ccccc2s1. The van der Waals surface area contributed by atoms with Crippen LogP contribution in [0, 0.1) is 0 Å². The molecule has 0 aliphatic rings. The molecule has 0 fully saturated rings. The van der Waals surface area contributed by atoms with Crippen molar-refractivity contribution in [1.29, 1.82) is 0 Å². The van der Waals surface area contributed by atoms with Gasteiger partial charge in [0.15, 0.2) is 10.1 Å². The smallest absolute Gasteiger partial charge is 0.360 e. The standard InChI is InChI=1S/C18H16N2O3S2/c1-22-17(21)16(20-23-2)13-8-4-3-7-12(13)11-24-18-19-14-9-5-6-10-15(14)25-18/h3-10H,11H2,1-2H3/b20-16+. The number of oxime groups is 1. The van der Waals surface area contributed by atoms with Gasteiger partial charge in [-0.2, -0.15) is 0 Å². The van der Waals surface area contributed by atoms with Crippen molar-refractivity contribution in [2.45, 2.75) is 10.1 Å². The Kier molecular flexibility index (Phi) is 5.67. The van der Waals surface area contributed by atoms with E-state index in [0.29, 0.717) is 11.3 Å². The summed E-state index contributed by atoms with van der Waals surface area (Å²) in [5.41, 5.74) is 2.82. The Labute approximate surface area is 153 Å². The van der Waals surface area contributed by atoms with Gasteiger partial charge in [-0.15, -0.1) is 11.3 Å². The molecule has 0 atom stereocenters. The number of aromatic nitrogens is 1. The predicted molar refractivity (Wildman–Crippen MR) is 101 cm³/mol. The van der Waals surface area contributed by atoms with Crippen LogP contribution in [0.15, 0.2) is 58.0 Å². The third-order valence-corrected chi connectivity index (χ3v) is 5.69. The summed E-state index contributed by atoms with van der Waals surface area (Å²) in [4.78, 5) is 21.4. The van der Waals surface area contributed by atoms with Crippen LogP contribution in [-0.4, -0.2) is 30.9 Å². The molecule has 0 unspecified atom stereocenters. The molecule has 1 heterocycles. The number of nitrogens with zero attached hydrogens (tertiary/aromatic N) is 2. The monoisotopic (exact) mass is 372 g/mol. The fourth-order valence-electron chi connectivity index (χ4n) is 2.31. The molecule has 5 nitrogen and oxygen atoms in total. The van der Waals surface area contributed by atoms with E-state index in [1.54, 1.807) is 23.1 Å². The molecular weight excluding hydrogens is 356 g/mol. The van der Waals surface area contributed by atoms with Crippen molar-refractivity contribution >= 4 is 45.0 Å². The first-order valence-electron chi connectivity index (χ1n) is 7.49. The minimum atomic E-state index is -0.528. The van der Waals surface area contributed by atoms with E-state index in [9.17, 15) is 4.79 Å². The molecule has 3 aromatic rings. The lowest BCUT2D eigenvalue weighted by atomic mass is 10.0. The van der Waals surface area contributed by atoms with E-state index in [1.807, 2.05) is 42.5 Å². The molecule has 0 bridgehead atoms. The van der Waals surface area contributed by atoms with Crippen molar-refractivity contribution in [2.75, 3.05) is 14.2 Å². The summed E-state index contributed by atoms with van der Waals surface area (Å²) in [6, 6.07) is 15.6. The molecule has 7 heteroatoms. The number of methoxy groups -OCH3 is 1. The van der Waals surface area contributed by atoms with Crippen molar-refractivity contribution in [3.05, 3.63) is 59.7 Å². The van der Waals surface area contributed by atoms with E-state index in [2.05, 4.69) is 16.2 Å². The van der Waals surface area contributed by atoms with Crippen LogP contribution in [0.4, 0.5) is 0 Å². The lowest BCUT2D eigenvalue weighted by molar-refractivity contribution is -0.132. The van der Waals surface area contributed by atoms with Gasteiger partial charge in [0.1, 0.15) is 7.11 Å². The molecule has 0 aliphatic carbocycles. The number of thioether (sulfide) groups is 1. The number of fused-ring (bicyclic) bond motifs is 1. The van der Waals surface area contributed by atoms with E-state index in [4.69, 9.17) is 9.57 Å². The van der Waals surface area contributed by atoms with Crippen LogP contribution >= 0.6 is 23.1 Å². The highest BCUT2D eigenvalue weighted by atomic mass is 32.2. The number of hydrogen-bond acceptors (Lipinski definition) is 7. The number of esters is 1. The zero-order chi connectivity index (χ0) is 17.6. The highest BCUT2D eigenvalue weighted by Gasteiger charge is 2.19. The molecule has 3 rings (SSSR count). The maximum Gasteiger partial charge on any atom is 0.360 e. The number of benzene rings is 2. The lowest BCUT2D eigenvalue weighted by Gasteiger charge is -2.09. The summed E-state index contributed by atoms with van der Waals surface area (Å²) in [6.07, 6.45) is 0. The highest BCUT2D eigenvalue weighted by Crippen LogP contribution is 2.32. The molecule has 2 aromatic carbocycles. The number of hydrogen-bond donors (Lipinski definition) is 0. The topological polar surface area (TPSA) is 60.8 Å². The molecule has 0 amide bonds. The summed E-state index contributed by atoms with van der Waals surface area (Å²) in [6.45, 7) is 0. The van der Waals surface area contributed by atoms with Crippen LogP contribution in [0.3, 0.4) is 0 Å². The van der Waals surface area contributed by atoms with Gasteiger partial charge in [-0.1, -0.05) is 53.3 Å². The van der Waals surface area contributed by atoms with E-state index in [0.717, 1.165) is 20.1 Å². The van der Waals surface area contributed by atoms with Gasteiger partial charge in [0.25, 0.3) is 0 Å². The third kappa shape index (κ3) is 4.00. The normalized spacial score (nSPS) is 11.5. The van der Waals surface area contributed by atoms with Gasteiger partial charge in [-0.3, -0.25) is 0 Å². The van der Waals surface area contributed by atoms with Crippen molar-refractivity contribution in [3.63, 3.8) is 0 Å². The predicted octanol–water partition coefficient (Wildman–Crippen LogP) is 4.11. The first kappa shape index (κ1) is 17.4. The highest BCUT2D eigenvalue weighted by molar-refractivity contribution is 8.00. The number of carbonyl (C=O) groups is 1. The third-order valence-electron chi connectivity index (χ3n) is 3.46. The Balaban J connectivity index is 1.85. The quantitative estimate of drug-likeness (QED) is 0.282. The largest absolute Gasteiger partial charge is 0.464 e. The second-order valence-corrected chi connectivity index (χ2v) is 7.26. The molecule has 25 heavy (non-hydrogen) atoms. The molecule has 0 radical (unpaired) electrons. The van der Waals surface area contributed by atoms with E-state index in [1.165, 1.54) is 14.2 Å². The molecule has 0 saturated heterocycles. The van der Waals surface area contributed by atoms with Crippen LogP contribution in [0.25, 0.3) is 10.2 Å². The minimum absolute atomic E-state index is 0.158. The van der Waals surface area contributed by atoms with Crippen molar-refractivity contribution in [1.82, 2.24) is 4.98 Å². The maximum absolute atomic E-state index is 12.0. The van der Waals surface area contributed by atoms with Gasteiger partial charge in [0.2, 0.25) is 0 Å². The second-order valence-electron chi connectivity index (χ2n) is 5.01. The van der Waals surface area contributed by atoms with Gasteiger partial charge < -0.3 is 9.57 Å². The van der Waals surface area contributed by atoms with Gasteiger partial charge >= 0.3 is 5.97 Å². The van der Waals surface area contributed by atoms with Crippen LogP contribution in [0.5, 0.6) is 0 Å². The Bertz CT molecular complexity index is 888. The molecule has 0 aliphatic heterocycles. The molecule has 0 N–H and O–H groups in total. The fraction of sp³-hybridized carbons (Fsp3) is 0.167. The average Bonchev–Trinajstić information content (AvgIpc) is 3.07. The summed E-state index contributed by atoms with van der Waals surface area (Å²) in [7, 11) is 2.73. The van der Waals surface area contributed by atoms with Crippen molar-refractivity contribution < 1.29 is 14.4 Å².